The highest BCUT2D eigenvalue weighted by Crippen LogP contribution is 2.43. The van der Waals surface area contributed by atoms with Crippen LogP contribution in [0.2, 0.25) is 5.04 Å². The molecule has 0 heterocycles. The van der Waals surface area contributed by atoms with Crippen molar-refractivity contribution >= 4 is 16.2 Å². The van der Waals surface area contributed by atoms with E-state index in [-0.39, 0.29) is 11.0 Å². The summed E-state index contributed by atoms with van der Waals surface area (Å²) in [7, 11) is 0.920. The van der Waals surface area contributed by atoms with Crippen LogP contribution in [0.15, 0.2) is 0 Å². The zero-order valence-corrected chi connectivity index (χ0v) is 20.0. The molecule has 0 aromatic carbocycles. The number of hydrogen-bond donors (Lipinski definition) is 0. The normalized spacial score (nSPS) is 15.0. The van der Waals surface area contributed by atoms with Gasteiger partial charge in [-0.2, -0.15) is 0 Å². The summed E-state index contributed by atoms with van der Waals surface area (Å²) in [5.41, 5.74) is 0. The molecule has 0 radical (unpaired) electrons. The van der Waals surface area contributed by atoms with E-state index in [1.165, 1.54) is 64.2 Å². The lowest BCUT2D eigenvalue weighted by molar-refractivity contribution is -0.150. The summed E-state index contributed by atoms with van der Waals surface area (Å²) in [6, 6.07) is 0. The van der Waals surface area contributed by atoms with E-state index in [0.29, 0.717) is 12.5 Å². The molecule has 0 aliphatic carbocycles. The zero-order chi connectivity index (χ0) is 19.0. The van der Waals surface area contributed by atoms with Crippen LogP contribution in [0.5, 0.6) is 0 Å². The van der Waals surface area contributed by atoms with Gasteiger partial charge in [-0.15, -0.1) is 0 Å². The topological polar surface area (TPSA) is 26.3 Å². The van der Waals surface area contributed by atoms with Gasteiger partial charge in [0, 0.05) is 10.2 Å². The summed E-state index contributed by atoms with van der Waals surface area (Å²) in [6.45, 7) is 9.59. The summed E-state index contributed by atoms with van der Waals surface area (Å²) < 4.78 is 5.76. The van der Waals surface area contributed by atoms with Crippen LogP contribution in [0.25, 0.3) is 0 Å². The van der Waals surface area contributed by atoms with Crippen LogP contribution in [0, 0.1) is 5.92 Å². The van der Waals surface area contributed by atoms with Crippen molar-refractivity contribution in [3.05, 3.63) is 0 Å². The molecular weight excluding hydrogens is 324 g/mol. The van der Waals surface area contributed by atoms with Crippen molar-refractivity contribution < 1.29 is 9.53 Å². The molecule has 0 saturated carbocycles. The second-order valence-corrected chi connectivity index (χ2v) is 9.81. The minimum absolute atomic E-state index is 0.122. The number of carbonyl (C=O) groups is 1. The van der Waals surface area contributed by atoms with Crippen LogP contribution in [0.4, 0.5) is 0 Å². The Morgan fingerprint density at radius 2 is 1.40 bits per heavy atom. The van der Waals surface area contributed by atoms with Gasteiger partial charge < -0.3 is 4.74 Å². The molecule has 0 aromatic rings. The fourth-order valence-electron chi connectivity index (χ4n) is 4.00. The van der Waals surface area contributed by atoms with Crippen LogP contribution < -0.4 is 0 Å². The van der Waals surface area contributed by atoms with Gasteiger partial charge in [-0.05, 0) is 25.2 Å². The van der Waals surface area contributed by atoms with E-state index >= 15 is 0 Å². The third-order valence-corrected chi connectivity index (χ3v) is 7.49. The minimum atomic E-state index is -0.155. The van der Waals surface area contributed by atoms with Crippen molar-refractivity contribution in [3.63, 3.8) is 0 Å². The maximum atomic E-state index is 12.9. The SMILES string of the molecule is CCCCCCCOC(=O)C([SiH3])(CCC)C(CC)CCCCCCC. The van der Waals surface area contributed by atoms with Crippen LogP contribution in [0.3, 0.4) is 0 Å². The van der Waals surface area contributed by atoms with E-state index in [9.17, 15) is 4.79 Å². The van der Waals surface area contributed by atoms with Crippen molar-refractivity contribution in [2.45, 2.75) is 123 Å². The van der Waals surface area contributed by atoms with E-state index in [0.717, 1.165) is 35.9 Å². The first kappa shape index (κ1) is 24.7. The van der Waals surface area contributed by atoms with Crippen molar-refractivity contribution in [3.8, 4) is 0 Å². The lowest BCUT2D eigenvalue weighted by Gasteiger charge is -2.35. The maximum Gasteiger partial charge on any atom is 0.308 e. The molecule has 0 saturated heterocycles. The number of carbonyl (C=O) groups excluding carboxylic acids is 1. The molecular formula is C22H46O2Si. The van der Waals surface area contributed by atoms with Gasteiger partial charge in [-0.25, -0.2) is 0 Å². The minimum Gasteiger partial charge on any atom is -0.466 e. The van der Waals surface area contributed by atoms with Crippen molar-refractivity contribution in [2.24, 2.45) is 5.92 Å². The third kappa shape index (κ3) is 10.4. The molecule has 25 heavy (non-hydrogen) atoms. The van der Waals surface area contributed by atoms with Gasteiger partial charge in [0.1, 0.15) is 0 Å². The molecule has 2 atom stereocenters. The Balaban J connectivity index is 4.45. The Morgan fingerprint density at radius 3 is 1.92 bits per heavy atom. The highest BCUT2D eigenvalue weighted by molar-refractivity contribution is 6.27. The molecule has 0 rings (SSSR count). The molecule has 0 amide bonds. The number of rotatable bonds is 17. The van der Waals surface area contributed by atoms with Crippen LogP contribution in [-0.4, -0.2) is 22.8 Å². The van der Waals surface area contributed by atoms with Gasteiger partial charge in [-0.1, -0.05) is 98.3 Å². The fraction of sp³-hybridized carbons (Fsp3) is 0.955. The molecule has 0 aromatic heterocycles. The quantitative estimate of drug-likeness (QED) is 0.173. The third-order valence-electron chi connectivity index (χ3n) is 5.77. The first-order valence-electron chi connectivity index (χ1n) is 11.2. The lowest BCUT2D eigenvalue weighted by Crippen LogP contribution is -2.34. The summed E-state index contributed by atoms with van der Waals surface area (Å²) in [4.78, 5) is 12.9. The van der Waals surface area contributed by atoms with Gasteiger partial charge in [-0.3, -0.25) is 4.79 Å². The van der Waals surface area contributed by atoms with Gasteiger partial charge in [0.05, 0.1) is 11.6 Å². The highest BCUT2D eigenvalue weighted by atomic mass is 28.1. The van der Waals surface area contributed by atoms with E-state index in [4.69, 9.17) is 4.74 Å². The molecule has 3 heteroatoms. The molecule has 0 bridgehead atoms. The second kappa shape index (κ2) is 15.9. The Hall–Kier alpha value is -0.313. The predicted octanol–water partition coefficient (Wildman–Crippen LogP) is 6.21. The number of unbranched alkanes of at least 4 members (excludes halogenated alkanes) is 8. The Kier molecular flexibility index (Phi) is 15.7. The fourth-order valence-corrected chi connectivity index (χ4v) is 5.34. The second-order valence-electron chi connectivity index (χ2n) is 8.03. The molecule has 0 aliphatic heterocycles. The van der Waals surface area contributed by atoms with Crippen LogP contribution in [0.1, 0.15) is 118 Å². The van der Waals surface area contributed by atoms with Crippen LogP contribution >= 0.6 is 0 Å². The summed E-state index contributed by atoms with van der Waals surface area (Å²) >= 11 is 0. The Labute approximate surface area is 161 Å². The van der Waals surface area contributed by atoms with Crippen molar-refractivity contribution in [1.29, 1.82) is 0 Å². The average Bonchev–Trinajstić information content (AvgIpc) is 2.61. The largest absolute Gasteiger partial charge is 0.466 e. The van der Waals surface area contributed by atoms with Gasteiger partial charge >= 0.3 is 5.97 Å². The monoisotopic (exact) mass is 370 g/mol. The maximum absolute atomic E-state index is 12.9. The molecule has 150 valence electrons. The zero-order valence-electron chi connectivity index (χ0n) is 18.0. The van der Waals surface area contributed by atoms with Gasteiger partial charge in [0.2, 0.25) is 0 Å². The van der Waals surface area contributed by atoms with Gasteiger partial charge in [0.25, 0.3) is 0 Å². The Bertz CT molecular complexity index is 319. The van der Waals surface area contributed by atoms with Crippen molar-refractivity contribution in [2.75, 3.05) is 6.61 Å². The number of ether oxygens (including phenoxy) is 1. The molecule has 0 N–H and O–H groups in total. The predicted molar refractivity (Wildman–Crippen MR) is 114 cm³/mol. The molecule has 0 fully saturated rings. The first-order valence-corrected chi connectivity index (χ1v) is 12.2. The molecule has 2 unspecified atom stereocenters. The molecule has 2 nitrogen and oxygen atoms in total. The average molecular weight is 371 g/mol. The summed E-state index contributed by atoms with van der Waals surface area (Å²) in [5, 5.41) is -0.155. The number of hydrogen-bond acceptors (Lipinski definition) is 2. The summed E-state index contributed by atoms with van der Waals surface area (Å²) in [6.07, 6.45) is 17.0. The molecule has 0 spiro atoms. The first-order chi connectivity index (χ1) is 12.1. The standard InChI is InChI=1S/C22H46O2Si/c1-5-9-11-13-15-17-20(8-4)22(25,18-7-3)21(23)24-19-16-14-12-10-6-2/h20H,5-19H2,1-4,25H3. The highest BCUT2D eigenvalue weighted by Gasteiger charge is 2.40. The molecule has 0 aliphatic rings. The van der Waals surface area contributed by atoms with Crippen molar-refractivity contribution in [1.82, 2.24) is 0 Å². The van der Waals surface area contributed by atoms with E-state index < -0.39 is 0 Å². The lowest BCUT2D eigenvalue weighted by atomic mass is 9.81. The smallest absolute Gasteiger partial charge is 0.308 e. The van der Waals surface area contributed by atoms with E-state index in [1.54, 1.807) is 0 Å². The Morgan fingerprint density at radius 1 is 0.840 bits per heavy atom. The van der Waals surface area contributed by atoms with Gasteiger partial charge in [0.15, 0.2) is 0 Å². The van der Waals surface area contributed by atoms with E-state index in [1.807, 2.05) is 0 Å². The summed E-state index contributed by atoms with van der Waals surface area (Å²) in [5.74, 6) is 0.644. The number of esters is 1. The van der Waals surface area contributed by atoms with E-state index in [2.05, 4.69) is 27.7 Å². The van der Waals surface area contributed by atoms with Crippen LogP contribution in [-0.2, 0) is 9.53 Å².